The summed E-state index contributed by atoms with van der Waals surface area (Å²) in [4.78, 5) is 10.9. The molecule has 1 aromatic carbocycles. The Morgan fingerprint density at radius 3 is 2.84 bits per heavy atom. The van der Waals surface area contributed by atoms with Crippen LogP contribution in [0.2, 0.25) is 0 Å². The number of benzene rings is 1. The number of halogens is 1. The van der Waals surface area contributed by atoms with E-state index in [0.29, 0.717) is 6.54 Å². The molecule has 0 unspecified atom stereocenters. The van der Waals surface area contributed by atoms with Crippen molar-refractivity contribution in [1.29, 1.82) is 0 Å². The molecule has 2 rings (SSSR count). The molecule has 4 nitrogen and oxygen atoms in total. The maximum atomic E-state index is 4.55. The molecule has 19 heavy (non-hydrogen) atoms. The molecule has 0 saturated carbocycles. The van der Waals surface area contributed by atoms with Gasteiger partial charge < -0.3 is 10.2 Å². The number of aromatic nitrogens is 2. The minimum absolute atomic E-state index is 0.666. The van der Waals surface area contributed by atoms with Gasteiger partial charge in [0, 0.05) is 23.4 Å². The van der Waals surface area contributed by atoms with Gasteiger partial charge in [0.2, 0.25) is 0 Å². The molecular formula is C14H17BrN4. The fourth-order valence-corrected chi connectivity index (χ4v) is 2.23. The second kappa shape index (κ2) is 6.12. The molecule has 0 aliphatic heterocycles. The van der Waals surface area contributed by atoms with Crippen LogP contribution in [0.25, 0.3) is 0 Å². The van der Waals surface area contributed by atoms with Crippen molar-refractivity contribution in [2.24, 2.45) is 0 Å². The Balaban J connectivity index is 2.35. The summed E-state index contributed by atoms with van der Waals surface area (Å²) in [5, 5.41) is 3.06. The normalized spacial score (nSPS) is 10.5. The van der Waals surface area contributed by atoms with Crippen molar-refractivity contribution in [3.05, 3.63) is 46.3 Å². The van der Waals surface area contributed by atoms with Crippen LogP contribution >= 0.6 is 15.9 Å². The van der Waals surface area contributed by atoms with Gasteiger partial charge in [-0.1, -0.05) is 22.0 Å². The van der Waals surface area contributed by atoms with Gasteiger partial charge in [-0.3, -0.25) is 0 Å². The first kappa shape index (κ1) is 14.0. The topological polar surface area (TPSA) is 41.1 Å². The van der Waals surface area contributed by atoms with Gasteiger partial charge in [-0.15, -0.1) is 0 Å². The largest absolute Gasteiger partial charge is 0.329 e. The molecule has 0 aliphatic carbocycles. The highest BCUT2D eigenvalue weighted by Gasteiger charge is 2.09. The average molecular weight is 321 g/mol. The van der Waals surface area contributed by atoms with Crippen molar-refractivity contribution in [3.8, 4) is 0 Å². The van der Waals surface area contributed by atoms with Gasteiger partial charge in [0.05, 0.1) is 6.54 Å². The highest BCUT2D eigenvalue weighted by molar-refractivity contribution is 9.10. The number of hydrogen-bond donors (Lipinski definition) is 1. The first-order valence-electron chi connectivity index (χ1n) is 6.08. The zero-order valence-electron chi connectivity index (χ0n) is 11.3. The van der Waals surface area contributed by atoms with Gasteiger partial charge in [-0.05, 0) is 37.7 Å². The SMILES string of the molecule is CNCc1nccc(N(C)c2cc(Br)ccc2C)n1. The number of aryl methyl sites for hydroxylation is 1. The first-order valence-corrected chi connectivity index (χ1v) is 6.87. The Bertz CT molecular complexity index is 571. The van der Waals surface area contributed by atoms with E-state index in [1.165, 1.54) is 5.56 Å². The zero-order chi connectivity index (χ0) is 13.8. The quantitative estimate of drug-likeness (QED) is 0.940. The lowest BCUT2D eigenvalue weighted by Gasteiger charge is -2.21. The third-order valence-electron chi connectivity index (χ3n) is 2.90. The Kier molecular flexibility index (Phi) is 4.50. The third-order valence-corrected chi connectivity index (χ3v) is 3.40. The average Bonchev–Trinajstić information content (AvgIpc) is 2.41. The van der Waals surface area contributed by atoms with Crippen LogP contribution in [0.15, 0.2) is 34.9 Å². The summed E-state index contributed by atoms with van der Waals surface area (Å²) in [5.74, 6) is 1.68. The fraction of sp³-hybridized carbons (Fsp3) is 0.286. The summed E-state index contributed by atoms with van der Waals surface area (Å²) in [5.41, 5.74) is 2.34. The van der Waals surface area contributed by atoms with Crippen molar-refractivity contribution in [2.75, 3.05) is 19.0 Å². The molecule has 100 valence electrons. The van der Waals surface area contributed by atoms with Gasteiger partial charge in [0.1, 0.15) is 11.6 Å². The molecule has 1 heterocycles. The lowest BCUT2D eigenvalue weighted by molar-refractivity contribution is 0.756. The standard InChI is InChI=1S/C14H17BrN4/c1-10-4-5-11(15)8-12(10)19(3)14-6-7-17-13(18-14)9-16-2/h4-8,16H,9H2,1-3H3. The van der Waals surface area contributed by atoms with E-state index in [4.69, 9.17) is 0 Å². The first-order chi connectivity index (χ1) is 9.11. The summed E-state index contributed by atoms with van der Waals surface area (Å²) < 4.78 is 1.06. The summed E-state index contributed by atoms with van der Waals surface area (Å²) in [6.45, 7) is 2.76. The molecule has 1 aromatic heterocycles. The van der Waals surface area contributed by atoms with Crippen LogP contribution in [0, 0.1) is 6.92 Å². The van der Waals surface area contributed by atoms with Crippen molar-refractivity contribution in [2.45, 2.75) is 13.5 Å². The van der Waals surface area contributed by atoms with Gasteiger partial charge >= 0.3 is 0 Å². The van der Waals surface area contributed by atoms with E-state index in [-0.39, 0.29) is 0 Å². The maximum Gasteiger partial charge on any atom is 0.144 e. The van der Waals surface area contributed by atoms with Crippen LogP contribution in [0.3, 0.4) is 0 Å². The Hall–Kier alpha value is -1.46. The second-order valence-corrected chi connectivity index (χ2v) is 5.27. The zero-order valence-corrected chi connectivity index (χ0v) is 12.9. The van der Waals surface area contributed by atoms with Crippen molar-refractivity contribution in [3.63, 3.8) is 0 Å². The molecule has 2 aromatic rings. The molecular weight excluding hydrogens is 304 g/mol. The number of nitrogens with one attached hydrogen (secondary N) is 1. The van der Waals surface area contributed by atoms with E-state index in [9.17, 15) is 0 Å². The fourth-order valence-electron chi connectivity index (χ4n) is 1.89. The van der Waals surface area contributed by atoms with Crippen molar-refractivity contribution >= 4 is 27.4 Å². The number of hydrogen-bond acceptors (Lipinski definition) is 4. The van der Waals surface area contributed by atoms with Crippen LogP contribution < -0.4 is 10.2 Å². The minimum atomic E-state index is 0.666. The van der Waals surface area contributed by atoms with Crippen LogP contribution in [0.5, 0.6) is 0 Å². The molecule has 0 atom stereocenters. The number of rotatable bonds is 4. The summed E-state index contributed by atoms with van der Waals surface area (Å²) in [6, 6.07) is 8.14. The second-order valence-electron chi connectivity index (χ2n) is 4.35. The van der Waals surface area contributed by atoms with E-state index in [1.807, 2.05) is 26.2 Å². The molecule has 0 bridgehead atoms. The van der Waals surface area contributed by atoms with E-state index in [1.54, 1.807) is 6.20 Å². The predicted octanol–water partition coefficient (Wildman–Crippen LogP) is 3.03. The Morgan fingerprint density at radius 1 is 1.32 bits per heavy atom. The molecule has 0 aliphatic rings. The van der Waals surface area contributed by atoms with E-state index in [0.717, 1.165) is 21.8 Å². The molecule has 0 radical (unpaired) electrons. The highest BCUT2D eigenvalue weighted by Crippen LogP contribution is 2.28. The predicted molar refractivity (Wildman–Crippen MR) is 81.7 cm³/mol. The smallest absolute Gasteiger partial charge is 0.144 e. The third kappa shape index (κ3) is 3.30. The van der Waals surface area contributed by atoms with E-state index in [2.05, 4.69) is 55.2 Å². The maximum absolute atomic E-state index is 4.55. The van der Waals surface area contributed by atoms with Gasteiger partial charge in [0.25, 0.3) is 0 Å². The van der Waals surface area contributed by atoms with E-state index < -0.39 is 0 Å². The van der Waals surface area contributed by atoms with Gasteiger partial charge in [-0.25, -0.2) is 9.97 Å². The highest BCUT2D eigenvalue weighted by atomic mass is 79.9. The lowest BCUT2D eigenvalue weighted by Crippen LogP contribution is -2.15. The summed E-state index contributed by atoms with van der Waals surface area (Å²) in [7, 11) is 3.90. The van der Waals surface area contributed by atoms with Crippen LogP contribution in [0.4, 0.5) is 11.5 Å². The Labute approximate surface area is 122 Å². The number of nitrogens with zero attached hydrogens (tertiary/aromatic N) is 3. The van der Waals surface area contributed by atoms with Crippen molar-refractivity contribution < 1.29 is 0 Å². The Morgan fingerprint density at radius 2 is 2.11 bits per heavy atom. The number of anilines is 2. The van der Waals surface area contributed by atoms with Crippen LogP contribution in [0.1, 0.15) is 11.4 Å². The monoisotopic (exact) mass is 320 g/mol. The van der Waals surface area contributed by atoms with Gasteiger partial charge in [-0.2, -0.15) is 0 Å². The minimum Gasteiger partial charge on any atom is -0.329 e. The van der Waals surface area contributed by atoms with Crippen molar-refractivity contribution in [1.82, 2.24) is 15.3 Å². The van der Waals surface area contributed by atoms with Crippen LogP contribution in [-0.2, 0) is 6.54 Å². The molecule has 1 N–H and O–H groups in total. The molecule has 0 spiro atoms. The van der Waals surface area contributed by atoms with Crippen LogP contribution in [-0.4, -0.2) is 24.1 Å². The molecule has 0 saturated heterocycles. The molecule has 5 heteroatoms. The molecule has 0 amide bonds. The lowest BCUT2D eigenvalue weighted by atomic mass is 10.2. The molecule has 0 fully saturated rings. The summed E-state index contributed by atoms with van der Waals surface area (Å²) in [6.07, 6.45) is 1.79. The van der Waals surface area contributed by atoms with E-state index >= 15 is 0 Å². The summed E-state index contributed by atoms with van der Waals surface area (Å²) >= 11 is 3.51. The van der Waals surface area contributed by atoms with Gasteiger partial charge in [0.15, 0.2) is 0 Å².